The lowest BCUT2D eigenvalue weighted by Crippen LogP contribution is -2.44. The van der Waals surface area contributed by atoms with Crippen LogP contribution in [0.15, 0.2) is 30.3 Å². The summed E-state index contributed by atoms with van der Waals surface area (Å²) in [6, 6.07) is 9.12. The highest BCUT2D eigenvalue weighted by Gasteiger charge is 2.34. The molecule has 1 rings (SSSR count). The van der Waals surface area contributed by atoms with Gasteiger partial charge in [0.25, 0.3) is 0 Å². The molecule has 1 unspecified atom stereocenters. The fourth-order valence-corrected chi connectivity index (χ4v) is 2.20. The van der Waals surface area contributed by atoms with Crippen molar-refractivity contribution in [3.8, 4) is 0 Å². The standard InChI is InChI=1S/C13H21FNO7P/c14-12(23(19,20)21)6-10(16)13(18)11(17)7-15-22-8-9-4-2-1-3-5-9/h1-5,10-13,15-18H,6-8H2,(H2,19,20,21)/t10-,11+,12?,13-/m1/s1. The van der Waals surface area contributed by atoms with Crippen LogP contribution >= 0.6 is 7.60 Å². The van der Waals surface area contributed by atoms with E-state index in [-0.39, 0.29) is 13.2 Å². The van der Waals surface area contributed by atoms with Crippen LogP contribution in [0, 0.1) is 0 Å². The molecule has 0 aliphatic carbocycles. The zero-order valence-electron chi connectivity index (χ0n) is 12.2. The maximum atomic E-state index is 13.1. The number of aliphatic hydroxyl groups excluding tert-OH is 3. The number of hydrogen-bond donors (Lipinski definition) is 6. The van der Waals surface area contributed by atoms with E-state index in [1.807, 2.05) is 30.3 Å². The average molecular weight is 353 g/mol. The summed E-state index contributed by atoms with van der Waals surface area (Å²) in [5.41, 5.74) is 3.26. The van der Waals surface area contributed by atoms with Crippen LogP contribution in [-0.4, -0.2) is 55.9 Å². The smallest absolute Gasteiger partial charge is 0.359 e. The van der Waals surface area contributed by atoms with E-state index in [9.17, 15) is 24.3 Å². The van der Waals surface area contributed by atoms with Gasteiger partial charge in [0, 0.05) is 13.0 Å². The first-order valence-corrected chi connectivity index (χ1v) is 8.52. The van der Waals surface area contributed by atoms with Crippen LogP contribution in [0.1, 0.15) is 12.0 Å². The fourth-order valence-electron chi connectivity index (χ4n) is 1.71. The Labute approximate surface area is 132 Å². The number of aliphatic hydroxyl groups is 3. The predicted molar refractivity (Wildman–Crippen MR) is 78.8 cm³/mol. The molecule has 0 aliphatic rings. The Morgan fingerprint density at radius 3 is 2.30 bits per heavy atom. The van der Waals surface area contributed by atoms with Gasteiger partial charge >= 0.3 is 7.60 Å². The maximum absolute atomic E-state index is 13.1. The predicted octanol–water partition coefficient (Wildman–Crippen LogP) is -0.346. The van der Waals surface area contributed by atoms with Gasteiger partial charge in [0.15, 0.2) is 0 Å². The Kier molecular flexibility index (Phi) is 8.24. The van der Waals surface area contributed by atoms with Gasteiger partial charge in [-0.3, -0.25) is 9.40 Å². The van der Waals surface area contributed by atoms with Crippen LogP contribution in [0.2, 0.25) is 0 Å². The molecule has 0 aliphatic heterocycles. The summed E-state index contributed by atoms with van der Waals surface area (Å²) in [7, 11) is -5.00. The van der Waals surface area contributed by atoms with Crippen LogP contribution in [-0.2, 0) is 16.0 Å². The number of rotatable bonds is 10. The molecule has 0 saturated heterocycles. The van der Waals surface area contributed by atoms with Crippen molar-refractivity contribution in [3.05, 3.63) is 35.9 Å². The molecule has 0 aromatic heterocycles. The van der Waals surface area contributed by atoms with Gasteiger partial charge in [0.2, 0.25) is 5.91 Å². The summed E-state index contributed by atoms with van der Waals surface area (Å²) in [5, 5.41) is 28.7. The summed E-state index contributed by atoms with van der Waals surface area (Å²) in [6.45, 7) is -0.0606. The molecule has 0 heterocycles. The van der Waals surface area contributed by atoms with E-state index in [1.54, 1.807) is 0 Å². The molecule has 0 bridgehead atoms. The highest BCUT2D eigenvalue weighted by molar-refractivity contribution is 7.52. The van der Waals surface area contributed by atoms with Crippen LogP contribution < -0.4 is 5.48 Å². The van der Waals surface area contributed by atoms with Crippen molar-refractivity contribution in [1.82, 2.24) is 5.48 Å². The third kappa shape index (κ3) is 7.47. The minimum absolute atomic E-state index is 0.205. The summed E-state index contributed by atoms with van der Waals surface area (Å²) in [4.78, 5) is 22.2. The normalized spacial score (nSPS) is 17.5. The second-order valence-electron chi connectivity index (χ2n) is 5.01. The molecular formula is C13H21FNO7P. The molecule has 8 nitrogen and oxygen atoms in total. The molecule has 132 valence electrons. The van der Waals surface area contributed by atoms with Gasteiger partial charge in [-0.2, -0.15) is 5.48 Å². The van der Waals surface area contributed by atoms with Crippen molar-refractivity contribution < 1.29 is 38.9 Å². The number of alkyl halides is 1. The van der Waals surface area contributed by atoms with Crippen molar-refractivity contribution in [2.75, 3.05) is 6.54 Å². The Morgan fingerprint density at radius 2 is 1.74 bits per heavy atom. The Balaban J connectivity index is 2.30. The van der Waals surface area contributed by atoms with E-state index >= 15 is 0 Å². The molecule has 1 aromatic carbocycles. The number of hydroxylamine groups is 1. The Bertz CT molecular complexity index is 500. The van der Waals surface area contributed by atoms with Crippen LogP contribution in [0.25, 0.3) is 0 Å². The van der Waals surface area contributed by atoms with E-state index in [4.69, 9.17) is 14.6 Å². The molecular weight excluding hydrogens is 332 g/mol. The van der Waals surface area contributed by atoms with Gasteiger partial charge in [0.05, 0.1) is 18.8 Å². The first kappa shape index (κ1) is 20.1. The lowest BCUT2D eigenvalue weighted by atomic mass is 10.1. The first-order chi connectivity index (χ1) is 10.7. The molecule has 0 amide bonds. The van der Waals surface area contributed by atoms with Gasteiger partial charge in [-0.05, 0) is 5.56 Å². The topological polar surface area (TPSA) is 139 Å². The lowest BCUT2D eigenvalue weighted by Gasteiger charge is -2.24. The van der Waals surface area contributed by atoms with E-state index in [0.717, 1.165) is 5.56 Å². The Morgan fingerprint density at radius 1 is 1.13 bits per heavy atom. The third-order valence-corrected chi connectivity index (χ3v) is 4.01. The van der Waals surface area contributed by atoms with Crippen LogP contribution in [0.4, 0.5) is 4.39 Å². The van der Waals surface area contributed by atoms with Crippen LogP contribution in [0.3, 0.4) is 0 Å². The van der Waals surface area contributed by atoms with Crippen molar-refractivity contribution in [2.24, 2.45) is 0 Å². The van der Waals surface area contributed by atoms with E-state index in [2.05, 4.69) is 5.48 Å². The molecule has 1 aromatic rings. The maximum Gasteiger partial charge on any atom is 0.359 e. The van der Waals surface area contributed by atoms with Gasteiger partial charge in [-0.1, -0.05) is 30.3 Å². The highest BCUT2D eigenvalue weighted by Crippen LogP contribution is 2.44. The summed E-state index contributed by atoms with van der Waals surface area (Å²) < 4.78 is 23.8. The SMILES string of the molecule is O=P(O)(O)C(F)C[C@@H](O)[C@@H](O)[C@@H](O)CNOCc1ccccc1. The summed E-state index contributed by atoms with van der Waals surface area (Å²) >= 11 is 0. The van der Waals surface area contributed by atoms with Crippen molar-refractivity contribution in [3.63, 3.8) is 0 Å². The zero-order valence-corrected chi connectivity index (χ0v) is 13.1. The van der Waals surface area contributed by atoms with Crippen molar-refractivity contribution in [2.45, 2.75) is 37.3 Å². The number of nitrogens with one attached hydrogen (secondary N) is 1. The van der Waals surface area contributed by atoms with Gasteiger partial charge < -0.3 is 25.1 Å². The first-order valence-electron chi connectivity index (χ1n) is 6.84. The second-order valence-corrected chi connectivity index (χ2v) is 6.75. The van der Waals surface area contributed by atoms with E-state index in [0.29, 0.717) is 0 Å². The molecule has 0 spiro atoms. The van der Waals surface area contributed by atoms with Crippen LogP contribution in [0.5, 0.6) is 0 Å². The molecule has 0 saturated carbocycles. The average Bonchev–Trinajstić information content (AvgIpc) is 2.50. The zero-order chi connectivity index (χ0) is 17.5. The Hall–Kier alpha value is -0.900. The number of benzene rings is 1. The molecule has 4 atom stereocenters. The molecule has 10 heteroatoms. The van der Waals surface area contributed by atoms with Gasteiger partial charge in [-0.15, -0.1) is 0 Å². The fraction of sp³-hybridized carbons (Fsp3) is 0.538. The van der Waals surface area contributed by atoms with E-state index < -0.39 is 38.2 Å². The van der Waals surface area contributed by atoms with Gasteiger partial charge in [0.1, 0.15) is 6.10 Å². The van der Waals surface area contributed by atoms with Crippen molar-refractivity contribution in [1.29, 1.82) is 0 Å². The number of halogens is 1. The van der Waals surface area contributed by atoms with E-state index in [1.165, 1.54) is 0 Å². The lowest BCUT2D eigenvalue weighted by molar-refractivity contribution is -0.0828. The monoisotopic (exact) mass is 353 g/mol. The minimum Gasteiger partial charge on any atom is -0.390 e. The highest BCUT2D eigenvalue weighted by atomic mass is 31.2. The molecule has 6 N–H and O–H groups in total. The number of hydrogen-bond acceptors (Lipinski definition) is 6. The summed E-state index contributed by atoms with van der Waals surface area (Å²) in [6.07, 6.45) is -6.12. The minimum atomic E-state index is -5.00. The third-order valence-electron chi connectivity index (χ3n) is 3.07. The van der Waals surface area contributed by atoms with Gasteiger partial charge in [-0.25, -0.2) is 4.39 Å². The second kappa shape index (κ2) is 9.41. The quantitative estimate of drug-likeness (QED) is 0.191. The summed E-state index contributed by atoms with van der Waals surface area (Å²) in [5.74, 6) is -2.61. The largest absolute Gasteiger partial charge is 0.390 e. The molecule has 0 fully saturated rings. The molecule has 0 radical (unpaired) electrons. The molecule has 23 heavy (non-hydrogen) atoms. The van der Waals surface area contributed by atoms with Crippen molar-refractivity contribution >= 4 is 7.60 Å².